The molecule has 0 radical (unpaired) electrons. The second kappa shape index (κ2) is 7.61. The van der Waals surface area contributed by atoms with Crippen LogP contribution >= 0.6 is 24.0 Å². The summed E-state index contributed by atoms with van der Waals surface area (Å²) in [5, 5.41) is 0. The molecule has 122 valence electrons. The van der Waals surface area contributed by atoms with Crippen LogP contribution in [0.15, 0.2) is 29.2 Å². The van der Waals surface area contributed by atoms with E-state index >= 15 is 0 Å². The lowest BCUT2D eigenvalue weighted by molar-refractivity contribution is -0.149. The number of carbonyl (C=O) groups is 2. The summed E-state index contributed by atoms with van der Waals surface area (Å²) in [5.74, 6) is -0.113. The molecule has 1 amide bonds. The number of hydrogen-bond donors (Lipinski definition) is 0. The molecular weight excluding hydrogens is 334 g/mol. The number of methoxy groups -OCH3 is 1. The Morgan fingerprint density at radius 3 is 2.74 bits per heavy atom. The Hall–Kier alpha value is -1.86. The minimum absolute atomic E-state index is 0.174. The van der Waals surface area contributed by atoms with Crippen LogP contribution in [0.25, 0.3) is 6.08 Å². The fraction of sp³-hybridized carbons (Fsp3) is 0.312. The third kappa shape index (κ3) is 4.33. The van der Waals surface area contributed by atoms with Crippen LogP contribution in [-0.2, 0) is 14.3 Å². The largest absolute Gasteiger partial charge is 0.496 e. The summed E-state index contributed by atoms with van der Waals surface area (Å²) in [6.45, 7) is 3.33. The molecule has 0 unspecified atom stereocenters. The molecule has 0 spiro atoms. The Kier molecular flexibility index (Phi) is 5.79. The van der Waals surface area contributed by atoms with Crippen LogP contribution in [-0.4, -0.2) is 40.9 Å². The van der Waals surface area contributed by atoms with Crippen molar-refractivity contribution in [3.63, 3.8) is 0 Å². The van der Waals surface area contributed by atoms with Gasteiger partial charge in [-0.2, -0.15) is 0 Å². The molecule has 0 aromatic heterocycles. The van der Waals surface area contributed by atoms with Crippen LogP contribution in [0.4, 0.5) is 0 Å². The van der Waals surface area contributed by atoms with E-state index in [0.29, 0.717) is 15.0 Å². The highest BCUT2D eigenvalue weighted by atomic mass is 32.2. The quantitative estimate of drug-likeness (QED) is 0.462. The number of carbonyl (C=O) groups excluding carboxylic acids is 2. The zero-order valence-corrected chi connectivity index (χ0v) is 14.7. The van der Waals surface area contributed by atoms with Crippen molar-refractivity contribution in [2.24, 2.45) is 0 Å². The summed E-state index contributed by atoms with van der Waals surface area (Å²) in [6, 6.07) is 7.36. The SMILES string of the molecule is COc1ccccc1C=C1SC(=S)N(CC(=O)OC(C)C)C1=O. The second-order valence-electron chi connectivity index (χ2n) is 5.05. The van der Waals surface area contributed by atoms with Crippen LogP contribution in [0.2, 0.25) is 0 Å². The molecule has 23 heavy (non-hydrogen) atoms. The summed E-state index contributed by atoms with van der Waals surface area (Å²) in [6.07, 6.45) is 1.48. The highest BCUT2D eigenvalue weighted by molar-refractivity contribution is 8.26. The van der Waals surface area contributed by atoms with Crippen molar-refractivity contribution in [1.29, 1.82) is 0 Å². The molecule has 0 saturated carbocycles. The molecule has 1 saturated heterocycles. The number of nitrogens with zero attached hydrogens (tertiary/aromatic N) is 1. The van der Waals surface area contributed by atoms with E-state index < -0.39 is 5.97 Å². The predicted molar refractivity (Wildman–Crippen MR) is 94.1 cm³/mol. The molecule has 2 rings (SSSR count). The molecule has 5 nitrogen and oxygen atoms in total. The van der Waals surface area contributed by atoms with E-state index in [-0.39, 0.29) is 18.6 Å². The third-order valence-corrected chi connectivity index (χ3v) is 4.33. The maximum Gasteiger partial charge on any atom is 0.326 e. The molecule has 1 fully saturated rings. The molecule has 0 atom stereocenters. The van der Waals surface area contributed by atoms with Gasteiger partial charge >= 0.3 is 5.97 Å². The molecule has 0 bridgehead atoms. The average molecular weight is 351 g/mol. The minimum atomic E-state index is -0.477. The number of rotatable bonds is 5. The molecular formula is C16H17NO4S2. The summed E-state index contributed by atoms with van der Waals surface area (Å²) < 4.78 is 10.7. The van der Waals surface area contributed by atoms with Crippen molar-refractivity contribution in [2.75, 3.05) is 13.7 Å². The van der Waals surface area contributed by atoms with Crippen molar-refractivity contribution in [2.45, 2.75) is 20.0 Å². The number of amides is 1. The first-order valence-corrected chi connectivity index (χ1v) is 8.22. The summed E-state index contributed by atoms with van der Waals surface area (Å²) in [4.78, 5) is 25.9. The molecule has 1 heterocycles. The molecule has 0 N–H and O–H groups in total. The van der Waals surface area contributed by atoms with Crippen LogP contribution in [0.5, 0.6) is 5.75 Å². The van der Waals surface area contributed by atoms with E-state index in [1.54, 1.807) is 27.0 Å². The monoisotopic (exact) mass is 351 g/mol. The molecule has 1 aliphatic rings. The Morgan fingerprint density at radius 2 is 2.09 bits per heavy atom. The van der Waals surface area contributed by atoms with Gasteiger partial charge in [0.25, 0.3) is 5.91 Å². The first kappa shape index (κ1) is 17.5. The van der Waals surface area contributed by atoms with Gasteiger partial charge in [-0.15, -0.1) is 0 Å². The maximum absolute atomic E-state index is 12.4. The first-order chi connectivity index (χ1) is 10.9. The maximum atomic E-state index is 12.4. The number of esters is 1. The number of ether oxygens (including phenoxy) is 2. The van der Waals surface area contributed by atoms with Gasteiger partial charge in [0.2, 0.25) is 0 Å². The van der Waals surface area contributed by atoms with Gasteiger partial charge in [-0.05, 0) is 26.0 Å². The van der Waals surface area contributed by atoms with Gasteiger partial charge < -0.3 is 9.47 Å². The smallest absolute Gasteiger partial charge is 0.326 e. The molecule has 0 aliphatic carbocycles. The van der Waals surface area contributed by atoms with Crippen molar-refractivity contribution in [1.82, 2.24) is 4.90 Å². The normalized spacial score (nSPS) is 16.3. The summed E-state index contributed by atoms with van der Waals surface area (Å²) >= 11 is 6.35. The standard InChI is InChI=1S/C16H17NO4S2/c1-10(2)21-14(18)9-17-15(19)13(23-16(17)22)8-11-6-4-5-7-12(11)20-3/h4-8,10H,9H2,1-3H3. The zero-order valence-electron chi connectivity index (χ0n) is 13.1. The van der Waals surface area contributed by atoms with Crippen LogP contribution in [0, 0.1) is 0 Å². The van der Waals surface area contributed by atoms with E-state index in [2.05, 4.69) is 0 Å². The number of thioether (sulfide) groups is 1. The Morgan fingerprint density at radius 1 is 1.39 bits per heavy atom. The van der Waals surface area contributed by atoms with Crippen LogP contribution < -0.4 is 4.74 Å². The van der Waals surface area contributed by atoms with Crippen molar-refractivity contribution in [3.8, 4) is 5.75 Å². The molecule has 1 aromatic rings. The third-order valence-electron chi connectivity index (χ3n) is 2.95. The van der Waals surface area contributed by atoms with Crippen molar-refractivity contribution in [3.05, 3.63) is 34.7 Å². The lowest BCUT2D eigenvalue weighted by atomic mass is 10.2. The topological polar surface area (TPSA) is 55.8 Å². The van der Waals surface area contributed by atoms with Crippen LogP contribution in [0.1, 0.15) is 19.4 Å². The number of thiocarbonyl (C=S) groups is 1. The molecule has 1 aliphatic heterocycles. The highest BCUT2D eigenvalue weighted by Gasteiger charge is 2.34. The van der Waals surface area contributed by atoms with E-state index in [9.17, 15) is 9.59 Å². The minimum Gasteiger partial charge on any atom is -0.496 e. The zero-order chi connectivity index (χ0) is 17.0. The Balaban J connectivity index is 2.17. The highest BCUT2D eigenvalue weighted by Crippen LogP contribution is 2.34. The van der Waals surface area contributed by atoms with Gasteiger partial charge in [0.1, 0.15) is 16.6 Å². The summed E-state index contributed by atoms with van der Waals surface area (Å²) in [7, 11) is 1.57. The van der Waals surface area contributed by atoms with E-state index in [0.717, 1.165) is 17.3 Å². The van der Waals surface area contributed by atoms with E-state index in [4.69, 9.17) is 21.7 Å². The van der Waals surface area contributed by atoms with Gasteiger partial charge in [-0.3, -0.25) is 14.5 Å². The Labute approximate surface area is 144 Å². The van der Waals surface area contributed by atoms with Crippen molar-refractivity contribution < 1.29 is 19.1 Å². The predicted octanol–water partition coefficient (Wildman–Crippen LogP) is 2.85. The van der Waals surface area contributed by atoms with Gasteiger partial charge in [-0.1, -0.05) is 42.2 Å². The van der Waals surface area contributed by atoms with Gasteiger partial charge in [0, 0.05) is 5.56 Å². The number of hydrogen-bond acceptors (Lipinski definition) is 6. The first-order valence-electron chi connectivity index (χ1n) is 7.00. The lowest BCUT2D eigenvalue weighted by Gasteiger charge is -2.14. The molecule has 7 heteroatoms. The number of benzene rings is 1. The van der Waals surface area contributed by atoms with Gasteiger partial charge in [0.15, 0.2) is 0 Å². The number of para-hydroxylation sites is 1. The fourth-order valence-corrected chi connectivity index (χ4v) is 3.24. The van der Waals surface area contributed by atoms with Crippen LogP contribution in [0.3, 0.4) is 0 Å². The lowest BCUT2D eigenvalue weighted by Crippen LogP contribution is -2.35. The summed E-state index contributed by atoms with van der Waals surface area (Å²) in [5.41, 5.74) is 0.778. The van der Waals surface area contributed by atoms with Gasteiger partial charge in [0.05, 0.1) is 18.1 Å². The Bertz CT molecular complexity index is 670. The average Bonchev–Trinajstić information content (AvgIpc) is 2.74. The second-order valence-corrected chi connectivity index (χ2v) is 6.72. The van der Waals surface area contributed by atoms with Gasteiger partial charge in [-0.25, -0.2) is 0 Å². The fourth-order valence-electron chi connectivity index (χ4n) is 1.99. The van der Waals surface area contributed by atoms with E-state index in [1.165, 1.54) is 4.90 Å². The molecule has 1 aromatic carbocycles. The van der Waals surface area contributed by atoms with Crippen molar-refractivity contribution >= 4 is 46.3 Å². The van der Waals surface area contributed by atoms with E-state index in [1.807, 2.05) is 24.3 Å².